The first-order valence-electron chi connectivity index (χ1n) is 6.59. The molecule has 0 spiro atoms. The summed E-state index contributed by atoms with van der Waals surface area (Å²) < 4.78 is 13.0. The summed E-state index contributed by atoms with van der Waals surface area (Å²) in [5, 5.41) is 2.72. The van der Waals surface area contributed by atoms with Crippen molar-refractivity contribution in [2.75, 3.05) is 31.5 Å². The van der Waals surface area contributed by atoms with Crippen LogP contribution in [-0.2, 0) is 4.79 Å². The summed E-state index contributed by atoms with van der Waals surface area (Å²) >= 11 is 5.67. The van der Waals surface area contributed by atoms with Gasteiger partial charge in [0.2, 0.25) is 5.91 Å². The fourth-order valence-corrected chi connectivity index (χ4v) is 2.59. The third kappa shape index (κ3) is 4.81. The van der Waals surface area contributed by atoms with Gasteiger partial charge in [-0.1, -0.05) is 18.5 Å². The van der Waals surface area contributed by atoms with E-state index in [0.717, 1.165) is 19.5 Å². The van der Waals surface area contributed by atoms with Crippen LogP contribution >= 0.6 is 24.0 Å². The molecule has 0 bridgehead atoms. The number of rotatable bonds is 4. The maximum absolute atomic E-state index is 13.0. The molecule has 1 amide bonds. The van der Waals surface area contributed by atoms with Crippen LogP contribution < -0.4 is 11.1 Å². The van der Waals surface area contributed by atoms with Gasteiger partial charge in [-0.3, -0.25) is 9.69 Å². The minimum atomic E-state index is -0.497. The average Bonchev–Trinajstić information content (AvgIpc) is 2.76. The maximum Gasteiger partial charge on any atom is 0.238 e. The highest BCUT2D eigenvalue weighted by molar-refractivity contribution is 6.31. The summed E-state index contributed by atoms with van der Waals surface area (Å²) in [5.74, 6) is -0.628. The third-order valence-electron chi connectivity index (χ3n) is 3.70. The Morgan fingerprint density at radius 2 is 2.29 bits per heavy atom. The maximum atomic E-state index is 13.0. The number of likely N-dealkylation sites (tertiary alicyclic amines) is 1. The SMILES string of the molecule is CC1(CN)CCN(CC(=O)Nc2ccc(F)c(Cl)c2)C1.Cl. The first-order valence-corrected chi connectivity index (χ1v) is 6.97. The minimum Gasteiger partial charge on any atom is -0.330 e. The van der Waals surface area contributed by atoms with Crippen molar-refractivity contribution in [3.63, 3.8) is 0 Å². The van der Waals surface area contributed by atoms with E-state index in [4.69, 9.17) is 17.3 Å². The molecule has 0 aliphatic carbocycles. The molecule has 4 nitrogen and oxygen atoms in total. The Kier molecular flexibility index (Phi) is 6.41. The molecule has 118 valence electrons. The van der Waals surface area contributed by atoms with E-state index < -0.39 is 5.82 Å². The van der Waals surface area contributed by atoms with Crippen LogP contribution in [0.25, 0.3) is 0 Å². The standard InChI is InChI=1S/C14H19ClFN3O.ClH/c1-14(8-17)4-5-19(9-14)7-13(20)18-10-2-3-12(16)11(15)6-10;/h2-3,6H,4-5,7-9,17H2,1H3,(H,18,20);1H. The zero-order valence-electron chi connectivity index (χ0n) is 11.9. The summed E-state index contributed by atoms with van der Waals surface area (Å²) in [7, 11) is 0. The first-order chi connectivity index (χ1) is 9.42. The highest BCUT2D eigenvalue weighted by Crippen LogP contribution is 2.28. The van der Waals surface area contributed by atoms with E-state index in [1.807, 2.05) is 0 Å². The van der Waals surface area contributed by atoms with Crippen molar-refractivity contribution in [2.45, 2.75) is 13.3 Å². The van der Waals surface area contributed by atoms with Crippen molar-refractivity contribution in [3.8, 4) is 0 Å². The second-order valence-electron chi connectivity index (χ2n) is 5.65. The lowest BCUT2D eigenvalue weighted by molar-refractivity contribution is -0.117. The van der Waals surface area contributed by atoms with Crippen LogP contribution in [-0.4, -0.2) is 37.0 Å². The molecule has 1 aliphatic heterocycles. The largest absolute Gasteiger partial charge is 0.330 e. The zero-order valence-corrected chi connectivity index (χ0v) is 13.4. The summed E-state index contributed by atoms with van der Waals surface area (Å²) in [6.45, 7) is 4.75. The Labute approximate surface area is 135 Å². The van der Waals surface area contributed by atoms with E-state index in [0.29, 0.717) is 18.8 Å². The normalized spacial score (nSPS) is 21.9. The number of nitrogens with two attached hydrogens (primary N) is 1. The molecule has 1 heterocycles. The Bertz CT molecular complexity index is 515. The molecule has 1 aliphatic rings. The van der Waals surface area contributed by atoms with E-state index in [-0.39, 0.29) is 28.8 Å². The van der Waals surface area contributed by atoms with E-state index in [1.54, 1.807) is 0 Å². The van der Waals surface area contributed by atoms with Crippen LogP contribution in [0.5, 0.6) is 0 Å². The summed E-state index contributed by atoms with van der Waals surface area (Å²) in [4.78, 5) is 14.0. The molecule has 21 heavy (non-hydrogen) atoms. The lowest BCUT2D eigenvalue weighted by Gasteiger charge is -2.22. The summed E-state index contributed by atoms with van der Waals surface area (Å²) in [6, 6.07) is 4.13. The van der Waals surface area contributed by atoms with Gasteiger partial charge in [0.25, 0.3) is 0 Å². The van der Waals surface area contributed by atoms with E-state index in [1.165, 1.54) is 18.2 Å². The van der Waals surface area contributed by atoms with Gasteiger partial charge in [-0.25, -0.2) is 4.39 Å². The van der Waals surface area contributed by atoms with Gasteiger partial charge >= 0.3 is 0 Å². The quantitative estimate of drug-likeness (QED) is 0.888. The molecular weight excluding hydrogens is 316 g/mol. The molecule has 3 N–H and O–H groups in total. The Balaban J connectivity index is 0.00000220. The van der Waals surface area contributed by atoms with Crippen LogP contribution in [0.2, 0.25) is 5.02 Å². The van der Waals surface area contributed by atoms with Crippen LogP contribution in [0.1, 0.15) is 13.3 Å². The van der Waals surface area contributed by atoms with Crippen molar-refractivity contribution in [2.24, 2.45) is 11.1 Å². The van der Waals surface area contributed by atoms with E-state index >= 15 is 0 Å². The molecule has 7 heteroatoms. The summed E-state index contributed by atoms with van der Waals surface area (Å²) in [5.41, 5.74) is 6.34. The van der Waals surface area contributed by atoms with E-state index in [9.17, 15) is 9.18 Å². The van der Waals surface area contributed by atoms with Gasteiger partial charge in [-0.2, -0.15) is 0 Å². The molecule has 1 saturated heterocycles. The molecule has 1 fully saturated rings. The fraction of sp³-hybridized carbons (Fsp3) is 0.500. The zero-order chi connectivity index (χ0) is 14.8. The van der Waals surface area contributed by atoms with E-state index in [2.05, 4.69) is 17.1 Å². The lowest BCUT2D eigenvalue weighted by Crippen LogP contribution is -2.35. The van der Waals surface area contributed by atoms with Gasteiger partial charge in [0, 0.05) is 12.2 Å². The number of nitrogens with one attached hydrogen (secondary N) is 1. The third-order valence-corrected chi connectivity index (χ3v) is 3.99. The minimum absolute atomic E-state index is 0. The second-order valence-corrected chi connectivity index (χ2v) is 6.06. The van der Waals surface area contributed by atoms with Gasteiger partial charge in [-0.05, 0) is 43.1 Å². The van der Waals surface area contributed by atoms with Gasteiger partial charge < -0.3 is 11.1 Å². The van der Waals surface area contributed by atoms with Crippen LogP contribution in [0.15, 0.2) is 18.2 Å². The molecule has 1 aromatic rings. The van der Waals surface area contributed by atoms with Gasteiger partial charge in [0.1, 0.15) is 5.82 Å². The number of carbonyl (C=O) groups excluding carboxylic acids is 1. The molecule has 0 aromatic heterocycles. The van der Waals surface area contributed by atoms with Crippen molar-refractivity contribution in [3.05, 3.63) is 29.0 Å². The van der Waals surface area contributed by atoms with Crippen molar-refractivity contribution in [1.29, 1.82) is 0 Å². The molecule has 2 rings (SSSR count). The van der Waals surface area contributed by atoms with Gasteiger partial charge in [-0.15, -0.1) is 12.4 Å². The number of hydrogen-bond acceptors (Lipinski definition) is 3. The Morgan fingerprint density at radius 1 is 1.57 bits per heavy atom. The van der Waals surface area contributed by atoms with Crippen LogP contribution in [0.4, 0.5) is 10.1 Å². The first kappa shape index (κ1) is 18.2. The highest BCUT2D eigenvalue weighted by Gasteiger charge is 2.33. The summed E-state index contributed by atoms with van der Waals surface area (Å²) in [6.07, 6.45) is 0.999. The second kappa shape index (κ2) is 7.40. The van der Waals surface area contributed by atoms with Gasteiger partial charge in [0.05, 0.1) is 11.6 Å². The Morgan fingerprint density at radius 3 is 2.86 bits per heavy atom. The molecule has 1 aromatic carbocycles. The molecule has 0 radical (unpaired) electrons. The predicted octanol–water partition coefficient (Wildman–Crippen LogP) is 2.51. The number of halogens is 3. The highest BCUT2D eigenvalue weighted by atomic mass is 35.5. The molecular formula is C14H20Cl2FN3O. The molecule has 1 atom stereocenters. The number of amides is 1. The average molecular weight is 336 g/mol. The fourth-order valence-electron chi connectivity index (χ4n) is 2.41. The number of carbonyl (C=O) groups is 1. The van der Waals surface area contributed by atoms with Crippen LogP contribution in [0.3, 0.4) is 0 Å². The molecule has 1 unspecified atom stereocenters. The number of anilines is 1. The predicted molar refractivity (Wildman–Crippen MR) is 85.5 cm³/mol. The number of nitrogens with zero attached hydrogens (tertiary/aromatic N) is 1. The lowest BCUT2D eigenvalue weighted by atomic mass is 9.90. The van der Waals surface area contributed by atoms with Crippen molar-refractivity contribution in [1.82, 2.24) is 4.90 Å². The van der Waals surface area contributed by atoms with Crippen LogP contribution in [0, 0.1) is 11.2 Å². The van der Waals surface area contributed by atoms with Crippen molar-refractivity contribution >= 4 is 35.6 Å². The monoisotopic (exact) mass is 335 g/mol. The van der Waals surface area contributed by atoms with Crippen molar-refractivity contribution < 1.29 is 9.18 Å². The number of benzene rings is 1. The smallest absolute Gasteiger partial charge is 0.238 e. The Hall–Kier alpha value is -0.880. The molecule has 0 saturated carbocycles. The van der Waals surface area contributed by atoms with Gasteiger partial charge in [0.15, 0.2) is 0 Å². The number of hydrogen-bond donors (Lipinski definition) is 2. The topological polar surface area (TPSA) is 58.4 Å².